The molecule has 7 nitrogen and oxygen atoms in total. The minimum atomic E-state index is -0.849. The molecule has 0 amide bonds. The number of nitrogen functional groups attached to an aromatic ring is 2. The van der Waals surface area contributed by atoms with Crippen LogP contribution in [0.25, 0.3) is 0 Å². The van der Waals surface area contributed by atoms with Crippen molar-refractivity contribution in [2.75, 3.05) is 16.4 Å². The summed E-state index contributed by atoms with van der Waals surface area (Å²) in [6, 6.07) is 19.2. The summed E-state index contributed by atoms with van der Waals surface area (Å²) >= 11 is 0. The minimum Gasteiger partial charge on any atom is -0.456 e. The number of halogens is 1. The van der Waals surface area contributed by atoms with Crippen molar-refractivity contribution in [1.29, 1.82) is 0 Å². The summed E-state index contributed by atoms with van der Waals surface area (Å²) in [5.41, 5.74) is 15.2. The Kier molecular flexibility index (Phi) is 6.40. The number of esters is 2. The Balaban J connectivity index is 1.96. The zero-order valence-corrected chi connectivity index (χ0v) is 18.9. The topological polar surface area (TPSA) is 108 Å². The lowest BCUT2D eigenvalue weighted by molar-refractivity contribution is -0.164. The van der Waals surface area contributed by atoms with E-state index in [0.29, 0.717) is 17.1 Å². The Morgan fingerprint density at radius 3 is 1.44 bits per heavy atom. The Morgan fingerprint density at radius 2 is 1.09 bits per heavy atom. The number of hydrogen-bond acceptors (Lipinski definition) is 7. The summed E-state index contributed by atoms with van der Waals surface area (Å²) in [6.07, 6.45) is -1.70. The quantitative estimate of drug-likeness (QED) is 0.432. The van der Waals surface area contributed by atoms with E-state index in [9.17, 15) is 14.0 Å². The van der Waals surface area contributed by atoms with Gasteiger partial charge in [-0.25, -0.2) is 4.39 Å². The number of anilines is 3. The first-order valence-electron chi connectivity index (χ1n) is 10.8. The second-order valence-corrected chi connectivity index (χ2v) is 8.25. The van der Waals surface area contributed by atoms with Gasteiger partial charge in [-0.1, -0.05) is 24.3 Å². The van der Waals surface area contributed by atoms with Crippen molar-refractivity contribution >= 4 is 29.0 Å². The van der Waals surface area contributed by atoms with Gasteiger partial charge in [0, 0.05) is 30.9 Å². The number of carbonyl (C=O) groups excluding carboxylic acids is 2. The monoisotopic (exact) mass is 463 g/mol. The molecule has 176 valence electrons. The third kappa shape index (κ3) is 4.66. The number of nitrogens with two attached hydrogens (primary N) is 2. The molecule has 1 saturated heterocycles. The minimum absolute atomic E-state index is 0.385. The van der Waals surface area contributed by atoms with Crippen LogP contribution in [0.4, 0.5) is 21.5 Å². The predicted molar refractivity (Wildman–Crippen MR) is 127 cm³/mol. The molecule has 0 saturated carbocycles. The molecule has 0 bridgehead atoms. The molecule has 3 aromatic carbocycles. The molecule has 1 heterocycles. The number of benzene rings is 3. The lowest BCUT2D eigenvalue weighted by Gasteiger charge is -2.33. The van der Waals surface area contributed by atoms with Crippen molar-refractivity contribution < 1.29 is 23.5 Å². The van der Waals surface area contributed by atoms with Crippen LogP contribution in [-0.4, -0.2) is 24.1 Å². The summed E-state index contributed by atoms with van der Waals surface area (Å²) in [6.45, 7) is 2.62. The highest BCUT2D eigenvalue weighted by molar-refractivity contribution is 5.69. The molecular weight excluding hydrogens is 437 g/mol. The maximum Gasteiger partial charge on any atom is 0.303 e. The van der Waals surface area contributed by atoms with Gasteiger partial charge in [-0.3, -0.25) is 9.59 Å². The van der Waals surface area contributed by atoms with Crippen LogP contribution >= 0.6 is 0 Å². The predicted octanol–water partition coefficient (Wildman–Crippen LogP) is 4.16. The maximum atomic E-state index is 13.8. The molecular formula is C26H26FN3O4. The zero-order valence-electron chi connectivity index (χ0n) is 18.9. The molecule has 0 spiro atoms. The van der Waals surface area contributed by atoms with E-state index in [-0.39, 0.29) is 5.82 Å². The molecule has 34 heavy (non-hydrogen) atoms. The average Bonchev–Trinajstić information content (AvgIpc) is 3.08. The van der Waals surface area contributed by atoms with Crippen LogP contribution in [-0.2, 0) is 19.1 Å². The molecule has 0 aromatic heterocycles. The van der Waals surface area contributed by atoms with Gasteiger partial charge in [-0.05, 0) is 59.7 Å². The fourth-order valence-electron chi connectivity index (χ4n) is 4.52. The van der Waals surface area contributed by atoms with Crippen LogP contribution in [0.15, 0.2) is 72.8 Å². The average molecular weight is 464 g/mol. The van der Waals surface area contributed by atoms with Crippen LogP contribution in [0.3, 0.4) is 0 Å². The SMILES string of the molecule is CC(=O)OC1[C@H](OC(C)=O)[C@H](c2ccc(N)cc2)N(c2ccc(F)cc2)[C@H]1c1ccc(N)cc1. The first kappa shape index (κ1) is 23.1. The molecule has 4 rings (SSSR count). The maximum absolute atomic E-state index is 13.8. The third-order valence-corrected chi connectivity index (χ3v) is 5.83. The molecule has 8 heteroatoms. The van der Waals surface area contributed by atoms with Crippen molar-refractivity contribution in [2.24, 2.45) is 0 Å². The normalized spacial score (nSPS) is 21.8. The van der Waals surface area contributed by atoms with E-state index < -0.39 is 36.2 Å². The van der Waals surface area contributed by atoms with Gasteiger partial charge in [0.15, 0.2) is 12.2 Å². The van der Waals surface area contributed by atoms with Crippen molar-refractivity contribution in [3.8, 4) is 0 Å². The first-order chi connectivity index (χ1) is 16.2. The van der Waals surface area contributed by atoms with Crippen LogP contribution in [0, 0.1) is 5.82 Å². The van der Waals surface area contributed by atoms with Crippen LogP contribution < -0.4 is 16.4 Å². The van der Waals surface area contributed by atoms with Gasteiger partial charge in [-0.15, -0.1) is 0 Å². The molecule has 1 fully saturated rings. The number of carbonyl (C=O) groups is 2. The van der Waals surface area contributed by atoms with Crippen LogP contribution in [0.5, 0.6) is 0 Å². The van der Waals surface area contributed by atoms with E-state index in [0.717, 1.165) is 11.1 Å². The molecule has 0 radical (unpaired) electrons. The molecule has 3 aromatic rings. The summed E-state index contributed by atoms with van der Waals surface area (Å²) in [5.74, 6) is -1.41. The highest BCUT2D eigenvalue weighted by Crippen LogP contribution is 2.50. The Hall–Kier alpha value is -4.07. The van der Waals surface area contributed by atoms with E-state index in [1.165, 1.54) is 26.0 Å². The summed E-state index contributed by atoms with van der Waals surface area (Å²) in [5, 5.41) is 0. The summed E-state index contributed by atoms with van der Waals surface area (Å²) < 4.78 is 25.4. The van der Waals surface area contributed by atoms with Gasteiger partial charge >= 0.3 is 11.9 Å². The number of hydrogen-bond donors (Lipinski definition) is 2. The largest absolute Gasteiger partial charge is 0.456 e. The van der Waals surface area contributed by atoms with Crippen molar-refractivity contribution in [2.45, 2.75) is 38.1 Å². The Bertz CT molecular complexity index is 1090. The lowest BCUT2D eigenvalue weighted by Crippen LogP contribution is -2.35. The first-order valence-corrected chi connectivity index (χ1v) is 10.8. The van der Waals surface area contributed by atoms with E-state index >= 15 is 0 Å². The summed E-state index contributed by atoms with van der Waals surface area (Å²) in [7, 11) is 0. The van der Waals surface area contributed by atoms with Crippen LogP contribution in [0.1, 0.15) is 37.1 Å². The second kappa shape index (κ2) is 9.43. The van der Waals surface area contributed by atoms with Gasteiger partial charge in [0.2, 0.25) is 0 Å². The van der Waals surface area contributed by atoms with Gasteiger partial charge in [0.25, 0.3) is 0 Å². The molecule has 1 unspecified atom stereocenters. The van der Waals surface area contributed by atoms with E-state index in [2.05, 4.69) is 0 Å². The van der Waals surface area contributed by atoms with Crippen molar-refractivity contribution in [1.82, 2.24) is 0 Å². The van der Waals surface area contributed by atoms with Crippen molar-refractivity contribution in [3.05, 3.63) is 89.7 Å². The highest BCUT2D eigenvalue weighted by Gasteiger charge is 2.54. The molecule has 0 aliphatic carbocycles. The van der Waals surface area contributed by atoms with E-state index in [1.54, 1.807) is 36.4 Å². The van der Waals surface area contributed by atoms with E-state index in [4.69, 9.17) is 20.9 Å². The van der Waals surface area contributed by atoms with Gasteiger partial charge in [0.05, 0.1) is 12.1 Å². The van der Waals surface area contributed by atoms with E-state index in [1.807, 2.05) is 29.2 Å². The fourth-order valence-corrected chi connectivity index (χ4v) is 4.52. The van der Waals surface area contributed by atoms with Crippen molar-refractivity contribution in [3.63, 3.8) is 0 Å². The number of nitrogens with zero attached hydrogens (tertiary/aromatic N) is 1. The molecule has 4 N–H and O–H groups in total. The lowest BCUT2D eigenvalue weighted by atomic mass is 9.97. The van der Waals surface area contributed by atoms with Gasteiger partial charge in [-0.2, -0.15) is 0 Å². The standard InChI is InChI=1S/C26H26FN3O4/c1-15(31)33-25-23(17-3-9-20(28)10-4-17)30(22-13-7-19(27)8-14-22)24(26(25)34-16(2)32)18-5-11-21(29)12-6-18/h3-14,23-26H,28-29H2,1-2H3/t23-,24-,25+,26?/m0/s1. The second-order valence-electron chi connectivity index (χ2n) is 8.25. The Morgan fingerprint density at radius 1 is 0.706 bits per heavy atom. The molecule has 1 aliphatic rings. The fraction of sp³-hybridized carbons (Fsp3) is 0.231. The molecule has 1 aliphatic heterocycles. The third-order valence-electron chi connectivity index (χ3n) is 5.83. The van der Waals surface area contributed by atoms with Gasteiger partial charge in [0.1, 0.15) is 5.82 Å². The smallest absolute Gasteiger partial charge is 0.303 e. The van der Waals surface area contributed by atoms with Gasteiger partial charge < -0.3 is 25.8 Å². The highest BCUT2D eigenvalue weighted by atomic mass is 19.1. The number of rotatable bonds is 5. The number of ether oxygens (including phenoxy) is 2. The summed E-state index contributed by atoms with van der Waals surface area (Å²) in [4.78, 5) is 26.3. The Labute approximate surface area is 197 Å². The molecule has 4 atom stereocenters. The zero-order chi connectivity index (χ0) is 24.4. The van der Waals surface area contributed by atoms with Crippen LogP contribution in [0.2, 0.25) is 0 Å².